The number of carbonyl (C=O) groups is 1. The van der Waals surface area contributed by atoms with Crippen LogP contribution in [-0.2, 0) is 11.3 Å². The predicted octanol–water partition coefficient (Wildman–Crippen LogP) is 4.09. The van der Waals surface area contributed by atoms with Gasteiger partial charge in [-0.3, -0.25) is 4.79 Å². The van der Waals surface area contributed by atoms with E-state index in [-0.39, 0.29) is 11.6 Å². The van der Waals surface area contributed by atoms with Crippen LogP contribution in [0.3, 0.4) is 0 Å². The van der Waals surface area contributed by atoms with E-state index in [0.29, 0.717) is 6.54 Å². The zero-order valence-corrected chi connectivity index (χ0v) is 15.4. The van der Waals surface area contributed by atoms with Crippen LogP contribution in [0.5, 0.6) is 0 Å². The smallest absolute Gasteiger partial charge is 0.263 e. The van der Waals surface area contributed by atoms with Gasteiger partial charge in [0.05, 0.1) is 6.04 Å². The van der Waals surface area contributed by atoms with Crippen LogP contribution in [-0.4, -0.2) is 5.91 Å². The molecule has 0 spiro atoms. The number of carbonyl (C=O) groups excluding carboxylic acids is 1. The Morgan fingerprint density at radius 2 is 1.36 bits per heavy atom. The van der Waals surface area contributed by atoms with E-state index in [1.165, 1.54) is 6.20 Å². The van der Waals surface area contributed by atoms with Gasteiger partial charge in [-0.05, 0) is 16.7 Å². The molecule has 4 heteroatoms. The van der Waals surface area contributed by atoms with Crippen molar-refractivity contribution in [3.05, 3.63) is 119 Å². The van der Waals surface area contributed by atoms with Gasteiger partial charge in [0.2, 0.25) is 0 Å². The lowest BCUT2D eigenvalue weighted by Crippen LogP contribution is -2.26. The Bertz CT molecular complexity index is 921. The molecule has 28 heavy (non-hydrogen) atoms. The second kappa shape index (κ2) is 9.75. The van der Waals surface area contributed by atoms with Gasteiger partial charge in [-0.25, -0.2) is 0 Å². The van der Waals surface area contributed by atoms with Crippen molar-refractivity contribution in [2.45, 2.75) is 12.6 Å². The number of nitrogens with one attached hydrogen (secondary N) is 2. The van der Waals surface area contributed by atoms with Crippen LogP contribution in [0.1, 0.15) is 22.7 Å². The summed E-state index contributed by atoms with van der Waals surface area (Å²) in [7, 11) is 0. The zero-order valence-electron chi connectivity index (χ0n) is 15.4. The maximum Gasteiger partial charge on any atom is 0.263 e. The van der Waals surface area contributed by atoms with Crippen molar-refractivity contribution in [2.75, 3.05) is 0 Å². The van der Waals surface area contributed by atoms with Crippen LogP contribution in [0.2, 0.25) is 0 Å². The van der Waals surface area contributed by atoms with Crippen LogP contribution in [0.4, 0.5) is 0 Å². The molecule has 0 saturated heterocycles. The monoisotopic (exact) mass is 367 g/mol. The highest BCUT2D eigenvalue weighted by molar-refractivity contribution is 5.97. The van der Waals surface area contributed by atoms with Crippen molar-refractivity contribution >= 4 is 5.91 Å². The van der Waals surface area contributed by atoms with E-state index in [2.05, 4.69) is 10.6 Å². The molecule has 138 valence electrons. The second-order valence-electron chi connectivity index (χ2n) is 6.26. The minimum Gasteiger partial charge on any atom is -0.379 e. The Kier molecular flexibility index (Phi) is 6.59. The van der Waals surface area contributed by atoms with E-state index in [0.717, 1.165) is 16.7 Å². The molecule has 1 amide bonds. The number of nitrogens with zero attached hydrogens (tertiary/aromatic N) is 1. The highest BCUT2D eigenvalue weighted by Crippen LogP contribution is 2.21. The minimum absolute atomic E-state index is 0.0350. The van der Waals surface area contributed by atoms with Crippen LogP contribution >= 0.6 is 0 Å². The number of benzene rings is 3. The summed E-state index contributed by atoms with van der Waals surface area (Å²) in [6.45, 7) is 0.374. The molecule has 3 aromatic rings. The number of hydrogen-bond donors (Lipinski definition) is 2. The molecular formula is C24H21N3O. The van der Waals surface area contributed by atoms with Gasteiger partial charge in [-0.1, -0.05) is 91.0 Å². The molecule has 0 fully saturated rings. The van der Waals surface area contributed by atoms with Crippen molar-refractivity contribution in [2.24, 2.45) is 0 Å². The van der Waals surface area contributed by atoms with E-state index >= 15 is 0 Å². The molecule has 2 N–H and O–H groups in total. The minimum atomic E-state index is -0.404. The average molecular weight is 367 g/mol. The normalized spacial score (nSPS) is 10.9. The van der Waals surface area contributed by atoms with Crippen molar-refractivity contribution < 1.29 is 4.79 Å². The van der Waals surface area contributed by atoms with Gasteiger partial charge in [0, 0.05) is 12.7 Å². The molecule has 0 saturated carbocycles. The maximum absolute atomic E-state index is 12.4. The number of hydrogen-bond acceptors (Lipinski definition) is 3. The van der Waals surface area contributed by atoms with E-state index in [1.54, 1.807) is 0 Å². The SMILES string of the molecule is N#C/C(=C/NC(c1ccccc1)c1ccccc1)C(=O)NCc1ccccc1. The third kappa shape index (κ3) is 5.09. The topological polar surface area (TPSA) is 64.9 Å². The molecule has 0 aliphatic carbocycles. The molecule has 3 aromatic carbocycles. The molecular weight excluding hydrogens is 346 g/mol. The van der Waals surface area contributed by atoms with E-state index in [9.17, 15) is 10.1 Å². The van der Waals surface area contributed by atoms with Gasteiger partial charge in [0.15, 0.2) is 0 Å². The van der Waals surface area contributed by atoms with Gasteiger partial charge >= 0.3 is 0 Å². The Hall–Kier alpha value is -3.84. The molecule has 0 aliphatic heterocycles. The summed E-state index contributed by atoms with van der Waals surface area (Å²) in [5.74, 6) is -0.404. The average Bonchev–Trinajstić information content (AvgIpc) is 2.77. The van der Waals surface area contributed by atoms with Crippen LogP contribution in [0.15, 0.2) is 103 Å². The molecule has 0 heterocycles. The quantitative estimate of drug-likeness (QED) is 0.488. The molecule has 0 atom stereocenters. The Labute approximate surface area is 165 Å². The Balaban J connectivity index is 1.75. The summed E-state index contributed by atoms with van der Waals surface area (Å²) >= 11 is 0. The lowest BCUT2D eigenvalue weighted by molar-refractivity contribution is -0.117. The first-order valence-electron chi connectivity index (χ1n) is 9.06. The molecule has 3 rings (SSSR count). The van der Waals surface area contributed by atoms with E-state index in [4.69, 9.17) is 0 Å². The van der Waals surface area contributed by atoms with Gasteiger partial charge in [-0.15, -0.1) is 0 Å². The molecule has 4 nitrogen and oxygen atoms in total. The van der Waals surface area contributed by atoms with Crippen LogP contribution < -0.4 is 10.6 Å². The number of nitriles is 1. The lowest BCUT2D eigenvalue weighted by atomic mass is 9.99. The summed E-state index contributed by atoms with van der Waals surface area (Å²) < 4.78 is 0. The summed E-state index contributed by atoms with van der Waals surface area (Å²) in [5, 5.41) is 15.4. The summed E-state index contributed by atoms with van der Waals surface area (Å²) in [6.07, 6.45) is 1.49. The van der Waals surface area contributed by atoms with Crippen molar-refractivity contribution in [1.82, 2.24) is 10.6 Å². The third-order valence-corrected chi connectivity index (χ3v) is 4.32. The van der Waals surface area contributed by atoms with Crippen molar-refractivity contribution in [1.29, 1.82) is 5.26 Å². The molecule has 0 unspecified atom stereocenters. The van der Waals surface area contributed by atoms with Gasteiger partial charge in [0.25, 0.3) is 5.91 Å². The molecule has 0 aliphatic rings. The fraction of sp³-hybridized carbons (Fsp3) is 0.0833. The number of amides is 1. The summed E-state index contributed by atoms with van der Waals surface area (Å²) in [6, 6.07) is 31.3. The first-order chi connectivity index (χ1) is 13.8. The zero-order chi connectivity index (χ0) is 19.6. The summed E-state index contributed by atoms with van der Waals surface area (Å²) in [5.41, 5.74) is 3.11. The maximum atomic E-state index is 12.4. The summed E-state index contributed by atoms with van der Waals surface area (Å²) in [4.78, 5) is 12.4. The molecule has 0 radical (unpaired) electrons. The highest BCUT2D eigenvalue weighted by Gasteiger charge is 2.14. The Morgan fingerprint density at radius 3 is 1.86 bits per heavy atom. The van der Waals surface area contributed by atoms with Crippen molar-refractivity contribution in [3.8, 4) is 6.07 Å². The van der Waals surface area contributed by atoms with Crippen LogP contribution in [0.25, 0.3) is 0 Å². The molecule has 0 aromatic heterocycles. The van der Waals surface area contributed by atoms with Crippen LogP contribution in [0, 0.1) is 11.3 Å². The fourth-order valence-corrected chi connectivity index (χ4v) is 2.86. The lowest BCUT2D eigenvalue weighted by Gasteiger charge is -2.19. The first-order valence-corrected chi connectivity index (χ1v) is 9.06. The first kappa shape index (κ1) is 18.9. The Morgan fingerprint density at radius 1 is 0.857 bits per heavy atom. The van der Waals surface area contributed by atoms with Gasteiger partial charge in [-0.2, -0.15) is 5.26 Å². The van der Waals surface area contributed by atoms with Crippen molar-refractivity contribution in [3.63, 3.8) is 0 Å². The highest BCUT2D eigenvalue weighted by atomic mass is 16.1. The fourth-order valence-electron chi connectivity index (χ4n) is 2.86. The standard InChI is InChI=1S/C24H21N3O/c25-16-22(24(28)27-17-19-10-4-1-5-11-19)18-26-23(20-12-6-2-7-13-20)21-14-8-3-9-15-21/h1-15,18,23,26H,17H2,(H,27,28)/b22-18-. The van der Waals surface area contributed by atoms with E-state index < -0.39 is 5.91 Å². The van der Waals surface area contributed by atoms with E-state index in [1.807, 2.05) is 97.1 Å². The second-order valence-corrected chi connectivity index (χ2v) is 6.26. The third-order valence-electron chi connectivity index (χ3n) is 4.32. The van der Waals surface area contributed by atoms with Gasteiger partial charge in [0.1, 0.15) is 11.6 Å². The largest absolute Gasteiger partial charge is 0.379 e. The van der Waals surface area contributed by atoms with Gasteiger partial charge < -0.3 is 10.6 Å². The molecule has 0 bridgehead atoms. The number of rotatable bonds is 7. The predicted molar refractivity (Wildman–Crippen MR) is 110 cm³/mol.